The number of thioether (sulfide) groups is 1. The highest BCUT2D eigenvalue weighted by Crippen LogP contribution is 2.34. The summed E-state index contributed by atoms with van der Waals surface area (Å²) in [4.78, 5) is 36.5. The number of hydrogen-bond donors (Lipinski definition) is 1. The molecule has 1 aromatic carbocycles. The number of aliphatic carboxylic acids is 1. The topological polar surface area (TPSA) is 83.9 Å². The van der Waals surface area contributed by atoms with Crippen LogP contribution >= 0.6 is 24.0 Å². The minimum absolute atomic E-state index is 0.0394. The Kier molecular flexibility index (Phi) is 6.93. The molecule has 1 unspecified atom stereocenters. The van der Waals surface area contributed by atoms with Gasteiger partial charge in [-0.1, -0.05) is 49.1 Å². The fourth-order valence-electron chi connectivity index (χ4n) is 2.36. The molecule has 0 radical (unpaired) electrons. The van der Waals surface area contributed by atoms with E-state index in [1.165, 1.54) is 11.8 Å². The van der Waals surface area contributed by atoms with Gasteiger partial charge in [0.15, 0.2) is 11.9 Å². The molecule has 1 aliphatic rings. The van der Waals surface area contributed by atoms with Crippen LogP contribution in [-0.2, 0) is 14.4 Å². The van der Waals surface area contributed by atoms with Crippen molar-refractivity contribution in [1.29, 1.82) is 0 Å². The van der Waals surface area contributed by atoms with Crippen molar-refractivity contribution >= 4 is 52.0 Å². The van der Waals surface area contributed by atoms with E-state index >= 15 is 0 Å². The zero-order valence-electron chi connectivity index (χ0n) is 14.4. The van der Waals surface area contributed by atoms with Crippen molar-refractivity contribution in [3.63, 3.8) is 0 Å². The highest BCUT2D eigenvalue weighted by Gasteiger charge is 2.32. The van der Waals surface area contributed by atoms with Crippen molar-refractivity contribution in [2.45, 2.75) is 32.8 Å². The Labute approximate surface area is 161 Å². The van der Waals surface area contributed by atoms with Crippen molar-refractivity contribution in [3.05, 3.63) is 34.7 Å². The molecule has 1 amide bonds. The second kappa shape index (κ2) is 8.95. The first-order valence-electron chi connectivity index (χ1n) is 8.06. The highest BCUT2D eigenvalue weighted by molar-refractivity contribution is 8.26. The number of carbonyl (C=O) groups is 3. The summed E-state index contributed by atoms with van der Waals surface area (Å²) >= 11 is 6.30. The zero-order valence-corrected chi connectivity index (χ0v) is 16.1. The number of rotatable bonds is 8. The number of nitrogens with zero attached hydrogens (tertiary/aromatic N) is 1. The fourth-order valence-corrected chi connectivity index (χ4v) is 3.66. The average molecular weight is 393 g/mol. The van der Waals surface area contributed by atoms with Crippen LogP contribution in [0, 0.1) is 0 Å². The van der Waals surface area contributed by atoms with Gasteiger partial charge in [0.25, 0.3) is 5.91 Å². The summed E-state index contributed by atoms with van der Waals surface area (Å²) in [5.74, 6) is -0.876. The van der Waals surface area contributed by atoms with Crippen LogP contribution in [0.5, 0.6) is 5.75 Å². The lowest BCUT2D eigenvalue weighted by atomic mass is 10.1. The molecule has 138 valence electrons. The van der Waals surface area contributed by atoms with Crippen molar-refractivity contribution in [1.82, 2.24) is 4.90 Å². The molecule has 26 heavy (non-hydrogen) atoms. The maximum absolute atomic E-state index is 12.5. The quantitative estimate of drug-likeness (QED) is 0.537. The van der Waals surface area contributed by atoms with E-state index < -0.39 is 12.1 Å². The van der Waals surface area contributed by atoms with Gasteiger partial charge in [-0.3, -0.25) is 19.3 Å². The summed E-state index contributed by atoms with van der Waals surface area (Å²) in [6, 6.07) is 7.12. The summed E-state index contributed by atoms with van der Waals surface area (Å²) in [5.41, 5.74) is 0.658. The first-order chi connectivity index (χ1) is 12.3. The van der Waals surface area contributed by atoms with Crippen LogP contribution in [0.2, 0.25) is 0 Å². The van der Waals surface area contributed by atoms with Crippen LogP contribution in [0.1, 0.15) is 32.3 Å². The second-order valence-electron chi connectivity index (χ2n) is 5.64. The van der Waals surface area contributed by atoms with Gasteiger partial charge < -0.3 is 9.84 Å². The smallest absolute Gasteiger partial charge is 0.305 e. The van der Waals surface area contributed by atoms with Gasteiger partial charge in [0.2, 0.25) is 0 Å². The van der Waals surface area contributed by atoms with Crippen molar-refractivity contribution < 1.29 is 24.2 Å². The van der Waals surface area contributed by atoms with E-state index in [2.05, 4.69) is 0 Å². The fraction of sp³-hybridized carbons (Fsp3) is 0.333. The first-order valence-corrected chi connectivity index (χ1v) is 9.29. The Bertz CT molecular complexity index is 775. The Morgan fingerprint density at radius 1 is 1.38 bits per heavy atom. The predicted octanol–water partition coefficient (Wildman–Crippen LogP) is 3.11. The molecule has 0 spiro atoms. The summed E-state index contributed by atoms with van der Waals surface area (Å²) in [7, 11) is 0. The largest absolute Gasteiger partial charge is 0.482 e. The van der Waals surface area contributed by atoms with Crippen molar-refractivity contribution in [2.24, 2.45) is 0 Å². The Morgan fingerprint density at radius 3 is 2.69 bits per heavy atom. The molecular formula is C18H19NO5S2. The molecule has 1 N–H and O–H groups in total. The molecule has 0 aromatic heterocycles. The number of ketones is 1. The number of para-hydroxylation sites is 1. The third-order valence-corrected chi connectivity index (χ3v) is 5.10. The number of hydrogen-bond acceptors (Lipinski definition) is 6. The van der Waals surface area contributed by atoms with Crippen LogP contribution in [0.3, 0.4) is 0 Å². The van der Waals surface area contributed by atoms with E-state index in [1.807, 2.05) is 6.92 Å². The number of carboxylic acids is 1. The number of carbonyl (C=O) groups excluding carboxylic acids is 2. The lowest BCUT2D eigenvalue weighted by Gasteiger charge is -2.16. The van der Waals surface area contributed by atoms with E-state index in [9.17, 15) is 14.4 Å². The molecular weight excluding hydrogens is 374 g/mol. The summed E-state index contributed by atoms with van der Waals surface area (Å²) in [5, 5.41) is 8.79. The van der Waals surface area contributed by atoms with Gasteiger partial charge in [0, 0.05) is 12.1 Å². The van der Waals surface area contributed by atoms with Gasteiger partial charge in [-0.15, -0.1) is 0 Å². The van der Waals surface area contributed by atoms with Gasteiger partial charge in [0.05, 0.1) is 11.3 Å². The molecule has 6 nitrogen and oxygen atoms in total. The second-order valence-corrected chi connectivity index (χ2v) is 7.32. The molecule has 1 atom stereocenters. The Morgan fingerprint density at radius 2 is 2.08 bits per heavy atom. The molecule has 1 saturated heterocycles. The SMILES string of the molecule is CCC(Oc1ccccc1/C=C1\SC(=S)N(CCC(=O)O)C1=O)C(C)=O. The van der Waals surface area contributed by atoms with Crippen LogP contribution in [0.4, 0.5) is 0 Å². The first kappa shape index (κ1) is 20.1. The van der Waals surface area contributed by atoms with Gasteiger partial charge in [-0.05, 0) is 25.5 Å². The average Bonchev–Trinajstić information content (AvgIpc) is 2.85. The zero-order chi connectivity index (χ0) is 19.3. The molecule has 8 heteroatoms. The molecule has 1 aromatic rings. The maximum atomic E-state index is 12.5. The van der Waals surface area contributed by atoms with Crippen LogP contribution in [0.25, 0.3) is 6.08 Å². The number of amides is 1. The summed E-state index contributed by atoms with van der Waals surface area (Å²) in [6.45, 7) is 3.38. The highest BCUT2D eigenvalue weighted by atomic mass is 32.2. The number of Topliss-reactive ketones (excluding diaryl/α,β-unsaturated/α-hetero) is 1. The van der Waals surface area contributed by atoms with E-state index in [4.69, 9.17) is 22.1 Å². The maximum Gasteiger partial charge on any atom is 0.305 e. The number of benzene rings is 1. The lowest BCUT2D eigenvalue weighted by Crippen LogP contribution is -2.30. The van der Waals surface area contributed by atoms with E-state index in [-0.39, 0.29) is 24.7 Å². The van der Waals surface area contributed by atoms with Crippen LogP contribution in [-0.4, -0.2) is 44.6 Å². The minimum Gasteiger partial charge on any atom is -0.482 e. The molecule has 1 heterocycles. The monoisotopic (exact) mass is 393 g/mol. The van der Waals surface area contributed by atoms with E-state index in [0.29, 0.717) is 27.0 Å². The lowest BCUT2D eigenvalue weighted by molar-refractivity contribution is -0.137. The third kappa shape index (κ3) is 4.92. The molecule has 0 aliphatic carbocycles. The number of carboxylic acid groups (broad SMARTS) is 1. The number of ether oxygens (including phenoxy) is 1. The van der Waals surface area contributed by atoms with Gasteiger partial charge in [-0.2, -0.15) is 0 Å². The van der Waals surface area contributed by atoms with Crippen LogP contribution in [0.15, 0.2) is 29.2 Å². The van der Waals surface area contributed by atoms with Crippen molar-refractivity contribution in [3.8, 4) is 5.75 Å². The van der Waals surface area contributed by atoms with E-state index in [0.717, 1.165) is 11.8 Å². The molecule has 1 aliphatic heterocycles. The summed E-state index contributed by atoms with van der Waals surface area (Å²) in [6.07, 6.45) is 1.48. The van der Waals surface area contributed by atoms with Crippen LogP contribution < -0.4 is 4.74 Å². The third-order valence-electron chi connectivity index (χ3n) is 3.72. The normalized spacial score (nSPS) is 16.8. The van der Waals surface area contributed by atoms with Gasteiger partial charge in [-0.25, -0.2) is 0 Å². The molecule has 0 saturated carbocycles. The predicted molar refractivity (Wildman–Crippen MR) is 104 cm³/mol. The minimum atomic E-state index is -0.989. The van der Waals surface area contributed by atoms with E-state index in [1.54, 1.807) is 30.3 Å². The van der Waals surface area contributed by atoms with Gasteiger partial charge in [0.1, 0.15) is 10.1 Å². The Hall–Kier alpha value is -2.19. The molecule has 2 rings (SSSR count). The Balaban J connectivity index is 2.24. The van der Waals surface area contributed by atoms with Gasteiger partial charge >= 0.3 is 5.97 Å². The molecule has 0 bridgehead atoms. The summed E-state index contributed by atoms with van der Waals surface area (Å²) < 4.78 is 6.13. The molecule has 1 fully saturated rings. The van der Waals surface area contributed by atoms with Crippen molar-refractivity contribution in [2.75, 3.05) is 6.54 Å². The number of thiocarbonyl (C=S) groups is 1. The standard InChI is InChI=1S/C18H19NO5S2/c1-3-13(11(2)20)24-14-7-5-4-6-12(14)10-15-17(23)19(18(25)26-15)9-8-16(21)22/h4-7,10,13H,3,8-9H2,1-2H3,(H,21,22)/b15-10-.